The van der Waals surface area contributed by atoms with E-state index in [1.54, 1.807) is 12.1 Å². The highest BCUT2D eigenvalue weighted by molar-refractivity contribution is 5.89. The molecule has 5 fully saturated rings. The van der Waals surface area contributed by atoms with Gasteiger partial charge in [0, 0.05) is 24.2 Å². The van der Waals surface area contributed by atoms with Gasteiger partial charge < -0.3 is 19.7 Å². The Morgan fingerprint density at radius 3 is 2.20 bits per heavy atom. The van der Waals surface area contributed by atoms with Crippen LogP contribution < -0.4 is 0 Å². The van der Waals surface area contributed by atoms with Crippen molar-refractivity contribution in [2.75, 3.05) is 0 Å². The highest BCUT2D eigenvalue weighted by Crippen LogP contribution is 2.77. The number of hydrogen-bond acceptors (Lipinski definition) is 6. The van der Waals surface area contributed by atoms with Crippen molar-refractivity contribution in [1.29, 1.82) is 0 Å². The lowest BCUT2D eigenvalue weighted by molar-refractivity contribution is -0.315. The first kappa shape index (κ1) is 31.5. The Hall–Kier alpha value is -2.44. The molecule has 0 heterocycles. The van der Waals surface area contributed by atoms with E-state index in [1.165, 1.54) is 12.5 Å². The minimum Gasteiger partial charge on any atom is -0.458 e. The second-order valence-electron chi connectivity index (χ2n) is 16.1. The van der Waals surface area contributed by atoms with E-state index < -0.39 is 53.1 Å². The van der Waals surface area contributed by atoms with Crippen LogP contribution in [0.1, 0.15) is 96.8 Å². The Balaban J connectivity index is 1.55. The molecule has 44 heavy (non-hydrogen) atoms. The maximum absolute atomic E-state index is 13.9. The molecule has 13 unspecified atom stereocenters. The minimum absolute atomic E-state index is 0.000600. The summed E-state index contributed by atoms with van der Waals surface area (Å²) in [6.07, 6.45) is 2.95. The molecule has 0 spiro atoms. The normalized spacial score (nSPS) is 47.8. The summed E-state index contributed by atoms with van der Waals surface area (Å²) in [5.74, 6) is -0.501. The zero-order chi connectivity index (χ0) is 32.0. The van der Waals surface area contributed by atoms with Crippen LogP contribution in [-0.2, 0) is 14.3 Å². The molecule has 1 aromatic carbocycles. The lowest BCUT2D eigenvalue weighted by Crippen LogP contribution is -2.76. The third kappa shape index (κ3) is 4.18. The molecule has 6 rings (SSSR count). The Morgan fingerprint density at radius 1 is 0.909 bits per heavy atom. The van der Waals surface area contributed by atoms with Gasteiger partial charge in [0.25, 0.3) is 0 Å². The molecule has 5 aliphatic carbocycles. The number of carbonyl (C=O) groups is 2. The van der Waals surface area contributed by atoms with E-state index >= 15 is 0 Å². The fraction of sp³-hybridized carbons (Fsp3) is 0.684. The molecule has 240 valence electrons. The largest absolute Gasteiger partial charge is 0.458 e. The summed E-state index contributed by atoms with van der Waals surface area (Å²) in [4.78, 5) is 26.8. The second kappa shape index (κ2) is 10.6. The van der Waals surface area contributed by atoms with Crippen molar-refractivity contribution in [2.45, 2.75) is 111 Å². The van der Waals surface area contributed by atoms with Crippen LogP contribution in [0.25, 0.3) is 0 Å². The summed E-state index contributed by atoms with van der Waals surface area (Å²) in [6.45, 7) is 21.5. The van der Waals surface area contributed by atoms with Crippen molar-refractivity contribution in [2.24, 2.45) is 51.2 Å². The van der Waals surface area contributed by atoms with Gasteiger partial charge in [0.2, 0.25) is 0 Å². The van der Waals surface area contributed by atoms with Gasteiger partial charge in [0.15, 0.2) is 0 Å². The number of esters is 2. The SMILES string of the molecule is C=C(C)C1CCC2(C)C1CCC1(C)C2CC(O)C2C3(C)CCC(O)C(=C)C3C(OC(C)=O)C(OC(=O)c3ccccc3)C21C. The third-order valence-electron chi connectivity index (χ3n) is 14.2. The van der Waals surface area contributed by atoms with Crippen molar-refractivity contribution in [3.8, 4) is 0 Å². The Morgan fingerprint density at radius 2 is 1.57 bits per heavy atom. The summed E-state index contributed by atoms with van der Waals surface area (Å²) in [5.41, 5.74) is 0.699. The molecule has 1 aromatic rings. The second-order valence-corrected chi connectivity index (χ2v) is 16.1. The smallest absolute Gasteiger partial charge is 0.338 e. The minimum atomic E-state index is -0.842. The highest BCUT2D eigenvalue weighted by atomic mass is 16.6. The van der Waals surface area contributed by atoms with Crippen molar-refractivity contribution in [3.05, 3.63) is 60.2 Å². The van der Waals surface area contributed by atoms with Crippen LogP contribution >= 0.6 is 0 Å². The van der Waals surface area contributed by atoms with Gasteiger partial charge in [-0.1, -0.05) is 64.6 Å². The fourth-order valence-electron chi connectivity index (χ4n) is 12.3. The van der Waals surface area contributed by atoms with E-state index in [4.69, 9.17) is 9.47 Å². The average molecular weight is 605 g/mol. The maximum Gasteiger partial charge on any atom is 0.338 e. The number of allylic oxidation sites excluding steroid dienone is 1. The molecule has 0 aromatic heterocycles. The molecule has 6 nitrogen and oxygen atoms in total. The van der Waals surface area contributed by atoms with E-state index in [0.717, 1.165) is 25.7 Å². The average Bonchev–Trinajstić information content (AvgIpc) is 3.32. The fourth-order valence-corrected chi connectivity index (χ4v) is 12.3. The van der Waals surface area contributed by atoms with Crippen LogP contribution in [-0.4, -0.2) is 46.6 Å². The zero-order valence-corrected chi connectivity index (χ0v) is 27.5. The molecule has 0 aliphatic heterocycles. The lowest BCUT2D eigenvalue weighted by atomic mass is 9.31. The van der Waals surface area contributed by atoms with Crippen molar-refractivity contribution < 1.29 is 29.3 Å². The van der Waals surface area contributed by atoms with Gasteiger partial charge in [-0.25, -0.2) is 4.79 Å². The van der Waals surface area contributed by atoms with Gasteiger partial charge >= 0.3 is 11.9 Å². The Kier molecular flexibility index (Phi) is 7.56. The van der Waals surface area contributed by atoms with Crippen LogP contribution in [0.15, 0.2) is 54.6 Å². The summed E-state index contributed by atoms with van der Waals surface area (Å²) in [6, 6.07) is 8.95. The molecular formula is C38H52O6. The molecule has 2 N–H and O–H groups in total. The number of ether oxygens (including phenoxy) is 2. The summed E-state index contributed by atoms with van der Waals surface area (Å²) in [7, 11) is 0. The summed E-state index contributed by atoms with van der Waals surface area (Å²) in [5, 5.41) is 23.6. The number of carbonyl (C=O) groups excluding carboxylic acids is 2. The van der Waals surface area contributed by atoms with Gasteiger partial charge in [-0.05, 0) is 104 Å². The Bertz CT molecular complexity index is 1350. The topological polar surface area (TPSA) is 93.1 Å². The van der Waals surface area contributed by atoms with Crippen LogP contribution in [0.2, 0.25) is 0 Å². The van der Waals surface area contributed by atoms with Gasteiger partial charge in [-0.2, -0.15) is 0 Å². The number of hydrogen-bond donors (Lipinski definition) is 2. The van der Waals surface area contributed by atoms with Crippen molar-refractivity contribution >= 4 is 11.9 Å². The first-order chi connectivity index (χ1) is 20.6. The molecule has 0 saturated heterocycles. The maximum atomic E-state index is 13.9. The summed E-state index contributed by atoms with van der Waals surface area (Å²) < 4.78 is 12.9. The van der Waals surface area contributed by atoms with Gasteiger partial charge in [-0.3, -0.25) is 4.79 Å². The van der Waals surface area contributed by atoms with E-state index in [9.17, 15) is 19.8 Å². The monoisotopic (exact) mass is 604 g/mol. The zero-order valence-electron chi connectivity index (χ0n) is 27.5. The van der Waals surface area contributed by atoms with Gasteiger partial charge in [-0.15, -0.1) is 0 Å². The molecule has 6 heteroatoms. The molecule has 5 aliphatic rings. The standard InChI is InChI=1S/C38H52O6/c1-21(2)25-14-17-35(5)26(25)15-19-37(7)29(35)20-28(41)32-36(6)18-16-27(40)22(3)30(36)31(43-23(4)39)33(38(32,37)8)44-34(42)24-12-10-9-11-13-24/h9-13,25-33,40-41H,1,3,14-20H2,2,4-8H3. The number of fused-ring (bicyclic) bond motifs is 7. The first-order valence-electron chi connectivity index (χ1n) is 16.7. The van der Waals surface area contributed by atoms with E-state index in [1.807, 2.05) is 18.2 Å². The number of aliphatic hydroxyl groups excluding tert-OH is 2. The molecule has 13 atom stereocenters. The van der Waals surface area contributed by atoms with Crippen LogP contribution in [0.5, 0.6) is 0 Å². The van der Waals surface area contributed by atoms with Crippen LogP contribution in [0, 0.1) is 51.2 Å². The number of aliphatic hydroxyl groups is 2. The lowest BCUT2D eigenvalue weighted by Gasteiger charge is -2.74. The predicted octanol–water partition coefficient (Wildman–Crippen LogP) is 6.90. The first-order valence-corrected chi connectivity index (χ1v) is 16.7. The molecule has 0 amide bonds. The van der Waals surface area contributed by atoms with Crippen molar-refractivity contribution in [1.82, 2.24) is 0 Å². The van der Waals surface area contributed by atoms with Gasteiger partial charge in [0.05, 0.1) is 17.8 Å². The molecule has 0 bridgehead atoms. The molecular weight excluding hydrogens is 552 g/mol. The van der Waals surface area contributed by atoms with E-state index in [-0.39, 0.29) is 22.7 Å². The Labute approximate surface area is 263 Å². The number of rotatable bonds is 4. The van der Waals surface area contributed by atoms with Crippen LogP contribution in [0.4, 0.5) is 0 Å². The molecule has 5 saturated carbocycles. The molecule has 0 radical (unpaired) electrons. The van der Waals surface area contributed by atoms with Gasteiger partial charge in [0.1, 0.15) is 12.2 Å². The van der Waals surface area contributed by atoms with E-state index in [2.05, 4.69) is 47.8 Å². The summed E-state index contributed by atoms with van der Waals surface area (Å²) >= 11 is 0. The van der Waals surface area contributed by atoms with E-state index in [0.29, 0.717) is 42.2 Å². The van der Waals surface area contributed by atoms with Crippen molar-refractivity contribution in [3.63, 3.8) is 0 Å². The highest BCUT2D eigenvalue weighted by Gasteiger charge is 2.77. The van der Waals surface area contributed by atoms with Crippen LogP contribution in [0.3, 0.4) is 0 Å². The third-order valence-corrected chi connectivity index (χ3v) is 14.2. The predicted molar refractivity (Wildman–Crippen MR) is 169 cm³/mol. The number of benzene rings is 1. The quantitative estimate of drug-likeness (QED) is 0.287.